The lowest BCUT2D eigenvalue weighted by Gasteiger charge is -2.22. The van der Waals surface area contributed by atoms with Gasteiger partial charge < -0.3 is 20.1 Å². The number of nitrogens with one attached hydrogen (secondary N) is 1. The first-order chi connectivity index (χ1) is 16.0. The van der Waals surface area contributed by atoms with Gasteiger partial charge in [-0.2, -0.15) is 0 Å². The van der Waals surface area contributed by atoms with Crippen LogP contribution < -0.4 is 5.32 Å². The zero-order chi connectivity index (χ0) is 23.4. The van der Waals surface area contributed by atoms with Crippen molar-refractivity contribution in [3.05, 3.63) is 71.3 Å². The van der Waals surface area contributed by atoms with Crippen LogP contribution in [0.15, 0.2) is 60.2 Å². The summed E-state index contributed by atoms with van der Waals surface area (Å²) in [6.45, 7) is 2.26. The Morgan fingerprint density at radius 1 is 1.06 bits per heavy atom. The van der Waals surface area contributed by atoms with Crippen LogP contribution in [0, 0.1) is 0 Å². The van der Waals surface area contributed by atoms with E-state index in [1.165, 1.54) is 11.1 Å². The zero-order valence-electron chi connectivity index (χ0n) is 18.6. The van der Waals surface area contributed by atoms with E-state index in [1.807, 2.05) is 24.3 Å². The first-order valence-corrected chi connectivity index (χ1v) is 11.2. The number of alkyl carbamates (subject to hydrolysis) is 1. The van der Waals surface area contributed by atoms with E-state index in [0.29, 0.717) is 5.57 Å². The van der Waals surface area contributed by atoms with E-state index >= 15 is 0 Å². The SMILES string of the molecule is C/C(=C\CNC(=O)OCC1c2ccccc2-c2ccccc21)C(=O)N(CCC(=O)O)C1CC1. The fourth-order valence-corrected chi connectivity index (χ4v) is 4.30. The number of carbonyl (C=O) groups is 3. The molecule has 7 nitrogen and oxygen atoms in total. The number of amides is 2. The summed E-state index contributed by atoms with van der Waals surface area (Å²) in [5, 5.41) is 11.6. The van der Waals surface area contributed by atoms with Gasteiger partial charge in [0.05, 0.1) is 6.42 Å². The summed E-state index contributed by atoms with van der Waals surface area (Å²) in [5.74, 6) is -1.12. The van der Waals surface area contributed by atoms with E-state index in [4.69, 9.17) is 9.84 Å². The molecule has 2 amide bonds. The fraction of sp³-hybridized carbons (Fsp3) is 0.346. The Morgan fingerprint density at radius 3 is 2.24 bits per heavy atom. The third kappa shape index (κ3) is 5.25. The van der Waals surface area contributed by atoms with E-state index in [-0.39, 0.29) is 44.0 Å². The zero-order valence-corrected chi connectivity index (χ0v) is 18.6. The molecule has 2 N–H and O–H groups in total. The minimum absolute atomic E-state index is 0.0108. The molecule has 2 aliphatic rings. The van der Waals surface area contributed by atoms with Crippen molar-refractivity contribution < 1.29 is 24.2 Å². The number of hydrogen-bond donors (Lipinski definition) is 2. The summed E-state index contributed by atoms with van der Waals surface area (Å²) in [4.78, 5) is 37.4. The van der Waals surface area contributed by atoms with Gasteiger partial charge >= 0.3 is 12.1 Å². The van der Waals surface area contributed by atoms with Crippen LogP contribution in [0.3, 0.4) is 0 Å². The van der Waals surface area contributed by atoms with Gasteiger partial charge in [0.2, 0.25) is 5.91 Å². The highest BCUT2D eigenvalue weighted by molar-refractivity contribution is 5.93. The van der Waals surface area contributed by atoms with Gasteiger partial charge in [0.15, 0.2) is 0 Å². The number of fused-ring (bicyclic) bond motifs is 3. The highest BCUT2D eigenvalue weighted by Crippen LogP contribution is 2.44. The molecule has 0 unspecified atom stereocenters. The molecular weight excluding hydrogens is 420 g/mol. The van der Waals surface area contributed by atoms with Crippen LogP contribution in [0.2, 0.25) is 0 Å². The van der Waals surface area contributed by atoms with E-state index in [0.717, 1.165) is 24.0 Å². The number of aliphatic carboxylic acids is 1. The third-order valence-electron chi connectivity index (χ3n) is 6.15. The average molecular weight is 449 g/mol. The Bertz CT molecular complexity index is 1040. The van der Waals surface area contributed by atoms with E-state index < -0.39 is 12.1 Å². The second-order valence-corrected chi connectivity index (χ2v) is 8.47. The molecule has 1 fully saturated rings. The summed E-state index contributed by atoms with van der Waals surface area (Å²) < 4.78 is 5.50. The number of benzene rings is 2. The summed E-state index contributed by atoms with van der Waals surface area (Å²) in [7, 11) is 0. The van der Waals surface area contributed by atoms with Crippen molar-refractivity contribution in [1.29, 1.82) is 0 Å². The number of ether oxygens (including phenoxy) is 1. The minimum atomic E-state index is -0.924. The van der Waals surface area contributed by atoms with Gasteiger partial charge in [-0.25, -0.2) is 4.79 Å². The first-order valence-electron chi connectivity index (χ1n) is 11.2. The number of carboxylic acids is 1. The predicted molar refractivity (Wildman–Crippen MR) is 124 cm³/mol. The molecule has 0 atom stereocenters. The molecule has 2 aromatic carbocycles. The Balaban J connectivity index is 1.30. The lowest BCUT2D eigenvalue weighted by molar-refractivity contribution is -0.138. The van der Waals surface area contributed by atoms with Crippen LogP contribution in [0.4, 0.5) is 4.79 Å². The quantitative estimate of drug-likeness (QED) is 0.567. The molecule has 2 aliphatic carbocycles. The maximum absolute atomic E-state index is 12.7. The predicted octanol–water partition coefficient (Wildman–Crippen LogP) is 3.94. The summed E-state index contributed by atoms with van der Waals surface area (Å²) >= 11 is 0. The number of nitrogens with zero attached hydrogens (tertiary/aromatic N) is 1. The molecule has 0 aromatic heterocycles. The monoisotopic (exact) mass is 448 g/mol. The van der Waals surface area contributed by atoms with E-state index in [1.54, 1.807) is 17.9 Å². The molecule has 33 heavy (non-hydrogen) atoms. The van der Waals surface area contributed by atoms with Crippen molar-refractivity contribution >= 4 is 18.0 Å². The van der Waals surface area contributed by atoms with Gasteiger partial charge in [-0.15, -0.1) is 0 Å². The maximum atomic E-state index is 12.7. The molecule has 0 aliphatic heterocycles. The van der Waals surface area contributed by atoms with Crippen LogP contribution in [0.5, 0.6) is 0 Å². The Labute approximate surface area is 193 Å². The van der Waals surface area contributed by atoms with Crippen LogP contribution in [0.1, 0.15) is 43.2 Å². The Hall–Kier alpha value is -3.61. The summed E-state index contributed by atoms with van der Waals surface area (Å²) in [6, 6.07) is 16.4. The third-order valence-corrected chi connectivity index (χ3v) is 6.15. The van der Waals surface area contributed by atoms with Crippen LogP contribution in [-0.2, 0) is 14.3 Å². The molecule has 0 bridgehead atoms. The van der Waals surface area contributed by atoms with Crippen LogP contribution in [0.25, 0.3) is 11.1 Å². The summed E-state index contributed by atoms with van der Waals surface area (Å²) in [5.41, 5.74) is 5.11. The van der Waals surface area contributed by atoms with Gasteiger partial charge in [0.1, 0.15) is 6.61 Å². The molecule has 2 aromatic rings. The van der Waals surface area contributed by atoms with Gasteiger partial charge in [-0.1, -0.05) is 54.6 Å². The van der Waals surface area contributed by atoms with Crippen LogP contribution >= 0.6 is 0 Å². The van der Waals surface area contributed by atoms with Crippen molar-refractivity contribution in [1.82, 2.24) is 10.2 Å². The average Bonchev–Trinajstić information content (AvgIpc) is 3.60. The maximum Gasteiger partial charge on any atom is 0.407 e. The van der Waals surface area contributed by atoms with Crippen molar-refractivity contribution in [2.45, 2.75) is 38.1 Å². The molecule has 0 spiro atoms. The van der Waals surface area contributed by atoms with Gasteiger partial charge in [0, 0.05) is 30.6 Å². The van der Waals surface area contributed by atoms with Gasteiger partial charge in [-0.3, -0.25) is 9.59 Å². The van der Waals surface area contributed by atoms with E-state index in [2.05, 4.69) is 29.6 Å². The number of carboxylic acid groups (broad SMARTS) is 1. The molecule has 0 saturated heterocycles. The molecule has 0 radical (unpaired) electrons. The van der Waals surface area contributed by atoms with E-state index in [9.17, 15) is 14.4 Å². The van der Waals surface area contributed by atoms with Crippen molar-refractivity contribution in [2.24, 2.45) is 0 Å². The molecule has 4 rings (SSSR count). The van der Waals surface area contributed by atoms with Crippen molar-refractivity contribution in [3.8, 4) is 11.1 Å². The summed E-state index contributed by atoms with van der Waals surface area (Å²) in [6.07, 6.45) is 2.82. The number of carbonyl (C=O) groups excluding carboxylic acids is 2. The lowest BCUT2D eigenvalue weighted by Crippen LogP contribution is -2.36. The largest absolute Gasteiger partial charge is 0.481 e. The number of rotatable bonds is 9. The van der Waals surface area contributed by atoms with Crippen molar-refractivity contribution in [3.63, 3.8) is 0 Å². The second kappa shape index (κ2) is 9.90. The highest BCUT2D eigenvalue weighted by Gasteiger charge is 2.33. The molecule has 0 heterocycles. The molecule has 7 heteroatoms. The van der Waals surface area contributed by atoms with Crippen molar-refractivity contribution in [2.75, 3.05) is 19.7 Å². The molecule has 1 saturated carbocycles. The van der Waals surface area contributed by atoms with Gasteiger partial charge in [-0.05, 0) is 42.0 Å². The topological polar surface area (TPSA) is 95.9 Å². The molecular formula is C26H28N2O5. The minimum Gasteiger partial charge on any atom is -0.481 e. The molecule has 172 valence electrons. The lowest BCUT2D eigenvalue weighted by atomic mass is 9.98. The first kappa shape index (κ1) is 22.6. The van der Waals surface area contributed by atoms with Gasteiger partial charge in [0.25, 0.3) is 0 Å². The Morgan fingerprint density at radius 2 is 1.67 bits per heavy atom. The van der Waals surface area contributed by atoms with Crippen LogP contribution in [-0.4, -0.2) is 53.7 Å². The number of hydrogen-bond acceptors (Lipinski definition) is 4. The standard InChI is InChI=1S/C26H28N2O5/c1-17(25(31)28(18-10-11-18)15-13-24(29)30)12-14-27-26(32)33-16-23-21-8-4-2-6-19(21)20-7-3-5-9-22(20)23/h2-9,12,18,23H,10-11,13-16H2,1H3,(H,27,32)(H,29,30)/b17-12+. The normalized spacial score (nSPS) is 14.9. The smallest absolute Gasteiger partial charge is 0.407 e. The highest BCUT2D eigenvalue weighted by atomic mass is 16.5. The Kier molecular flexibility index (Phi) is 6.77. The second-order valence-electron chi connectivity index (χ2n) is 8.47. The fourth-order valence-electron chi connectivity index (χ4n) is 4.30.